The minimum absolute atomic E-state index is 0.152. The number of benzene rings is 3. The van der Waals surface area contributed by atoms with Crippen LogP contribution in [0.3, 0.4) is 0 Å². The van der Waals surface area contributed by atoms with E-state index in [-0.39, 0.29) is 14.9 Å². The van der Waals surface area contributed by atoms with Crippen LogP contribution in [0.1, 0.15) is 16.7 Å². The van der Waals surface area contributed by atoms with Gasteiger partial charge in [-0.3, -0.25) is 0 Å². The topological polar surface area (TPSA) is 9.23 Å². The zero-order valence-corrected chi connectivity index (χ0v) is 20.2. The highest BCUT2D eigenvalue weighted by Crippen LogP contribution is 2.53. The largest absolute Gasteiger partial charge is 0.430 e. The van der Waals surface area contributed by atoms with Gasteiger partial charge in [0, 0.05) is 20.9 Å². The summed E-state index contributed by atoms with van der Waals surface area (Å²) in [6, 6.07) is 9.34. The van der Waals surface area contributed by atoms with Gasteiger partial charge in [0.1, 0.15) is 17.5 Å². The predicted molar refractivity (Wildman–Crippen MR) is 120 cm³/mol. The van der Waals surface area contributed by atoms with Crippen LogP contribution in [0.15, 0.2) is 76.6 Å². The van der Waals surface area contributed by atoms with Crippen molar-refractivity contribution in [3.05, 3.63) is 106 Å². The van der Waals surface area contributed by atoms with Crippen molar-refractivity contribution in [1.29, 1.82) is 0 Å². The molecule has 1 nitrogen and oxygen atoms in total. The van der Waals surface area contributed by atoms with E-state index in [0.717, 1.165) is 30.0 Å². The average Bonchev–Trinajstić information content (AvgIpc) is 2.77. The number of thioether (sulfide) groups is 1. The van der Waals surface area contributed by atoms with Gasteiger partial charge in [0.25, 0.3) is 5.60 Å². The molecule has 0 spiro atoms. The van der Waals surface area contributed by atoms with Crippen LogP contribution in [0.5, 0.6) is 0 Å². The fourth-order valence-electron chi connectivity index (χ4n) is 3.22. The lowest BCUT2D eigenvalue weighted by molar-refractivity contribution is -0.392. The molecule has 0 bridgehead atoms. The van der Waals surface area contributed by atoms with Gasteiger partial charge in [0.2, 0.25) is 0 Å². The molecule has 0 fully saturated rings. The van der Waals surface area contributed by atoms with Crippen LogP contribution in [0, 0.1) is 17.5 Å². The summed E-state index contributed by atoms with van der Waals surface area (Å²) in [5.41, 5.74) is -7.11. The third-order valence-corrected chi connectivity index (χ3v) is 6.62. The molecule has 3 aromatic carbocycles. The van der Waals surface area contributed by atoms with E-state index in [9.17, 15) is 39.5 Å². The minimum atomic E-state index is -6.04. The van der Waals surface area contributed by atoms with E-state index < -0.39 is 53.1 Å². The van der Waals surface area contributed by atoms with Gasteiger partial charge in [-0.2, -0.15) is 26.3 Å². The van der Waals surface area contributed by atoms with Crippen LogP contribution < -0.4 is 0 Å². The van der Waals surface area contributed by atoms with Gasteiger partial charge in [-0.05, 0) is 51.8 Å². The Morgan fingerprint density at radius 3 is 1.86 bits per heavy atom. The predicted octanol–water partition coefficient (Wildman–Crippen LogP) is 9.17. The van der Waals surface area contributed by atoms with Crippen molar-refractivity contribution in [3.63, 3.8) is 0 Å². The van der Waals surface area contributed by atoms with Crippen LogP contribution >= 0.6 is 27.7 Å². The van der Waals surface area contributed by atoms with Gasteiger partial charge >= 0.3 is 12.4 Å². The molecule has 0 heterocycles. The number of hydrogen-bond acceptors (Lipinski definition) is 2. The smallest absolute Gasteiger partial charge is 0.349 e. The van der Waals surface area contributed by atoms with Gasteiger partial charge in [-0.25, -0.2) is 13.2 Å². The van der Waals surface area contributed by atoms with E-state index in [0.29, 0.717) is 29.2 Å². The molecular formula is C24H14BrF9OS. The number of halogens is 10. The van der Waals surface area contributed by atoms with E-state index in [4.69, 9.17) is 0 Å². The number of ether oxygens (including phenoxy) is 1. The Labute approximate surface area is 212 Å². The quantitative estimate of drug-likeness (QED) is 0.197. The summed E-state index contributed by atoms with van der Waals surface area (Å²) in [6.07, 6.45) is -12.1. The maximum atomic E-state index is 14.0. The summed E-state index contributed by atoms with van der Waals surface area (Å²) in [6.45, 7) is 2.11. The SMILES string of the molecule is C=C(Sc1ccc(F)c(Br)c1)c1ccc(C(OCc2c(F)cccc2F)(C(F)(F)F)C(F)(F)F)cc1. The molecule has 0 amide bonds. The van der Waals surface area contributed by atoms with E-state index in [1.165, 1.54) is 18.2 Å². The van der Waals surface area contributed by atoms with E-state index in [1.54, 1.807) is 0 Å². The molecule has 12 heteroatoms. The third kappa shape index (κ3) is 5.60. The molecule has 0 radical (unpaired) electrons. The molecule has 3 aromatic rings. The lowest BCUT2D eigenvalue weighted by atomic mass is 9.91. The molecule has 0 aliphatic rings. The summed E-state index contributed by atoms with van der Waals surface area (Å²) in [5.74, 6) is -3.24. The number of hydrogen-bond donors (Lipinski definition) is 0. The Morgan fingerprint density at radius 2 is 1.36 bits per heavy atom. The van der Waals surface area contributed by atoms with Crippen molar-refractivity contribution < 1.29 is 44.3 Å². The lowest BCUT2D eigenvalue weighted by Crippen LogP contribution is -2.55. The van der Waals surface area contributed by atoms with Crippen LogP contribution in [0.4, 0.5) is 39.5 Å². The first kappa shape index (κ1) is 28.1. The summed E-state index contributed by atoms with van der Waals surface area (Å²) in [5, 5.41) is 0. The fraction of sp³-hybridized carbons (Fsp3) is 0.167. The van der Waals surface area contributed by atoms with Crippen molar-refractivity contribution in [2.75, 3.05) is 0 Å². The summed E-state index contributed by atoms with van der Waals surface area (Å²) in [4.78, 5) is 0.756. The number of rotatable bonds is 7. The van der Waals surface area contributed by atoms with Crippen molar-refractivity contribution in [2.24, 2.45) is 0 Å². The molecule has 0 saturated carbocycles. The van der Waals surface area contributed by atoms with Crippen LogP contribution in [-0.2, 0) is 16.9 Å². The van der Waals surface area contributed by atoms with Gasteiger partial charge < -0.3 is 4.74 Å². The Hall–Kier alpha value is -2.44. The fourth-order valence-corrected chi connectivity index (χ4v) is 4.60. The van der Waals surface area contributed by atoms with Gasteiger partial charge in [0.15, 0.2) is 0 Å². The summed E-state index contributed by atoms with van der Waals surface area (Å²) in [7, 11) is 0. The Bertz CT molecular complexity index is 1220. The second-order valence-electron chi connectivity index (χ2n) is 7.34. The highest BCUT2D eigenvalue weighted by atomic mass is 79.9. The highest BCUT2D eigenvalue weighted by molar-refractivity contribution is 9.10. The van der Waals surface area contributed by atoms with E-state index in [1.807, 2.05) is 0 Å². The van der Waals surface area contributed by atoms with Gasteiger partial charge in [-0.1, -0.05) is 48.7 Å². The van der Waals surface area contributed by atoms with Crippen molar-refractivity contribution in [2.45, 2.75) is 29.5 Å². The molecule has 0 atom stereocenters. The monoisotopic (exact) mass is 600 g/mol. The van der Waals surface area contributed by atoms with Crippen LogP contribution in [0.25, 0.3) is 4.91 Å². The maximum Gasteiger partial charge on any atom is 0.430 e. The maximum absolute atomic E-state index is 14.0. The molecule has 3 rings (SSSR count). The Morgan fingerprint density at radius 1 is 0.806 bits per heavy atom. The highest BCUT2D eigenvalue weighted by Gasteiger charge is 2.73. The molecule has 0 aliphatic heterocycles. The minimum Gasteiger partial charge on any atom is -0.349 e. The van der Waals surface area contributed by atoms with Crippen LogP contribution in [0.2, 0.25) is 0 Å². The lowest BCUT2D eigenvalue weighted by Gasteiger charge is -2.37. The van der Waals surface area contributed by atoms with Crippen molar-refractivity contribution in [1.82, 2.24) is 0 Å². The normalized spacial score (nSPS) is 12.6. The Kier molecular flexibility index (Phi) is 8.21. The van der Waals surface area contributed by atoms with Crippen molar-refractivity contribution in [3.8, 4) is 0 Å². The van der Waals surface area contributed by atoms with Gasteiger partial charge in [-0.15, -0.1) is 0 Å². The first-order valence-corrected chi connectivity index (χ1v) is 11.4. The van der Waals surface area contributed by atoms with E-state index in [2.05, 4.69) is 27.2 Å². The molecule has 0 unspecified atom stereocenters. The molecule has 192 valence electrons. The second-order valence-corrected chi connectivity index (χ2v) is 9.37. The van der Waals surface area contributed by atoms with E-state index >= 15 is 0 Å². The zero-order chi connectivity index (χ0) is 26.9. The number of alkyl halides is 6. The standard InChI is InChI=1S/C24H14BrF9OS/c1-13(36-16-9-10-21(28)18(25)11-16)14-5-7-15(8-6-14)22(23(29,30)31,24(32,33)34)35-12-17-19(26)3-2-4-20(17)27/h2-11H,1,12H2. The summed E-state index contributed by atoms with van der Waals surface area (Å²) < 4.78 is 130. The van der Waals surface area contributed by atoms with Gasteiger partial charge in [0.05, 0.1) is 11.1 Å². The Balaban J connectivity index is 1.97. The summed E-state index contributed by atoms with van der Waals surface area (Å²) >= 11 is 4.01. The first-order chi connectivity index (χ1) is 16.7. The molecule has 36 heavy (non-hydrogen) atoms. The third-order valence-electron chi connectivity index (χ3n) is 5.04. The molecular weight excluding hydrogens is 587 g/mol. The average molecular weight is 601 g/mol. The molecule has 0 saturated heterocycles. The molecule has 0 N–H and O–H groups in total. The second kappa shape index (κ2) is 10.5. The first-order valence-electron chi connectivity index (χ1n) is 9.80. The molecule has 0 aliphatic carbocycles. The molecule has 0 aromatic heterocycles. The van der Waals surface area contributed by atoms with Crippen molar-refractivity contribution >= 4 is 32.6 Å². The van der Waals surface area contributed by atoms with Crippen LogP contribution in [-0.4, -0.2) is 12.4 Å². The zero-order valence-electron chi connectivity index (χ0n) is 17.8.